The van der Waals surface area contributed by atoms with Crippen LogP contribution >= 0.6 is 0 Å². The fraction of sp³-hybridized carbons (Fsp3) is 0.118. The van der Waals surface area contributed by atoms with Crippen LogP contribution in [0.4, 0.5) is 0 Å². The number of aromatic nitrogens is 2. The predicted octanol–water partition coefficient (Wildman–Crippen LogP) is 8.33. The number of rotatable bonds is 4. The third kappa shape index (κ3) is 2.91. The van der Waals surface area contributed by atoms with E-state index in [4.69, 9.17) is 9.47 Å². The van der Waals surface area contributed by atoms with E-state index < -0.39 is 0 Å². The smallest absolute Gasteiger partial charge is 0.128 e. The maximum Gasteiger partial charge on any atom is 0.128 e. The van der Waals surface area contributed by atoms with Crippen LogP contribution in [0.3, 0.4) is 0 Å². The van der Waals surface area contributed by atoms with Crippen molar-refractivity contribution in [1.82, 2.24) is 9.13 Å². The van der Waals surface area contributed by atoms with E-state index in [0.717, 1.165) is 33.3 Å². The molecule has 0 bridgehead atoms. The second kappa shape index (κ2) is 8.42. The Balaban J connectivity index is 1.92. The largest absolute Gasteiger partial charge is 0.496 e. The van der Waals surface area contributed by atoms with E-state index in [1.165, 1.54) is 44.1 Å². The summed E-state index contributed by atoms with van der Waals surface area (Å²) in [6, 6.07) is 34.1. The third-order valence-electron chi connectivity index (χ3n) is 7.91. The lowest BCUT2D eigenvalue weighted by atomic mass is 9.88. The summed E-state index contributed by atoms with van der Waals surface area (Å²) in [7, 11) is 7.84. The molecule has 0 aliphatic carbocycles. The lowest BCUT2D eigenvalue weighted by Crippen LogP contribution is -1.96. The molecule has 7 rings (SSSR count). The molecule has 0 spiro atoms. The molecule has 2 aromatic heterocycles. The van der Waals surface area contributed by atoms with Crippen LogP contribution in [0, 0.1) is 0 Å². The first-order chi connectivity index (χ1) is 18.7. The summed E-state index contributed by atoms with van der Waals surface area (Å²) in [5, 5.41) is 4.63. The molecular weight excluding hydrogens is 468 g/mol. The first-order valence-electron chi connectivity index (χ1n) is 12.8. The molecule has 7 aromatic rings. The summed E-state index contributed by atoms with van der Waals surface area (Å²) in [5.74, 6) is 1.74. The van der Waals surface area contributed by atoms with E-state index in [0.29, 0.717) is 0 Å². The predicted molar refractivity (Wildman–Crippen MR) is 158 cm³/mol. The van der Waals surface area contributed by atoms with Gasteiger partial charge in [-0.05, 0) is 35.4 Å². The van der Waals surface area contributed by atoms with Crippen LogP contribution in [-0.4, -0.2) is 23.4 Å². The monoisotopic (exact) mass is 496 g/mol. The van der Waals surface area contributed by atoms with E-state index in [9.17, 15) is 0 Å². The van der Waals surface area contributed by atoms with Crippen molar-refractivity contribution in [2.75, 3.05) is 14.2 Å². The average Bonchev–Trinajstić information content (AvgIpc) is 3.44. The second-order valence-electron chi connectivity index (χ2n) is 9.76. The van der Waals surface area contributed by atoms with Crippen molar-refractivity contribution in [3.05, 3.63) is 97.1 Å². The van der Waals surface area contributed by atoms with Crippen LogP contribution < -0.4 is 9.47 Å². The molecule has 4 heteroatoms. The van der Waals surface area contributed by atoms with Crippen molar-refractivity contribution in [2.24, 2.45) is 14.1 Å². The lowest BCUT2D eigenvalue weighted by Gasteiger charge is -2.17. The van der Waals surface area contributed by atoms with E-state index in [1.807, 2.05) is 0 Å². The minimum atomic E-state index is 0.871. The Hall–Kier alpha value is -4.70. The number of ether oxygens (including phenoxy) is 2. The number of hydrogen-bond donors (Lipinski definition) is 0. The van der Waals surface area contributed by atoms with Gasteiger partial charge in [0.15, 0.2) is 0 Å². The summed E-state index contributed by atoms with van der Waals surface area (Å²) >= 11 is 0. The minimum absolute atomic E-state index is 0.871. The van der Waals surface area contributed by atoms with Gasteiger partial charge >= 0.3 is 0 Å². The highest BCUT2D eigenvalue weighted by molar-refractivity contribution is 6.34. The Morgan fingerprint density at radius 3 is 1.45 bits per heavy atom. The van der Waals surface area contributed by atoms with Gasteiger partial charge in [0, 0.05) is 36.0 Å². The number of benzene rings is 5. The van der Waals surface area contributed by atoms with Gasteiger partial charge in [0.1, 0.15) is 11.5 Å². The van der Waals surface area contributed by atoms with Crippen LogP contribution in [0.5, 0.6) is 11.5 Å². The van der Waals surface area contributed by atoms with Gasteiger partial charge in [-0.25, -0.2) is 0 Å². The van der Waals surface area contributed by atoms with Crippen molar-refractivity contribution in [2.45, 2.75) is 0 Å². The van der Waals surface area contributed by atoms with Gasteiger partial charge in [-0.3, -0.25) is 0 Å². The minimum Gasteiger partial charge on any atom is -0.496 e. The van der Waals surface area contributed by atoms with Crippen molar-refractivity contribution in [3.8, 4) is 33.8 Å². The quantitative estimate of drug-likeness (QED) is 0.245. The molecule has 4 nitrogen and oxygen atoms in total. The van der Waals surface area contributed by atoms with Crippen LogP contribution in [-0.2, 0) is 14.1 Å². The molecular formula is C34H28N2O2. The highest BCUT2D eigenvalue weighted by Gasteiger charge is 2.28. The van der Waals surface area contributed by atoms with E-state index >= 15 is 0 Å². The maximum absolute atomic E-state index is 5.99. The zero-order valence-corrected chi connectivity index (χ0v) is 21.9. The first kappa shape index (κ1) is 22.5. The summed E-state index contributed by atoms with van der Waals surface area (Å²) in [5.41, 5.74) is 9.40. The number of hydrogen-bond acceptors (Lipinski definition) is 2. The molecule has 0 saturated heterocycles. The molecule has 0 N–H and O–H groups in total. The van der Waals surface area contributed by atoms with Crippen molar-refractivity contribution < 1.29 is 9.47 Å². The molecule has 0 unspecified atom stereocenters. The number of aryl methyl sites for hydroxylation is 2. The van der Waals surface area contributed by atoms with Crippen LogP contribution in [0.15, 0.2) is 97.1 Å². The molecule has 5 aromatic carbocycles. The summed E-state index contributed by atoms with van der Waals surface area (Å²) in [6.45, 7) is 0. The molecule has 0 amide bonds. The highest BCUT2D eigenvalue weighted by atomic mass is 16.5. The van der Waals surface area contributed by atoms with E-state index in [-0.39, 0.29) is 0 Å². The molecule has 0 aliphatic heterocycles. The SMILES string of the molecule is COc1cccc2c1c1c(c(-c3ccccc3)c(-c3ccccc3)c3c4c(OC)cccc4n(C)c31)n2C. The zero-order chi connectivity index (χ0) is 26.0. The zero-order valence-electron chi connectivity index (χ0n) is 21.9. The van der Waals surface area contributed by atoms with Gasteiger partial charge in [0.05, 0.1) is 47.1 Å². The van der Waals surface area contributed by atoms with Gasteiger partial charge in [-0.2, -0.15) is 0 Å². The molecule has 0 radical (unpaired) electrons. The second-order valence-corrected chi connectivity index (χ2v) is 9.76. The number of nitrogens with zero attached hydrogens (tertiary/aromatic N) is 2. The van der Waals surface area contributed by atoms with Crippen molar-refractivity contribution in [3.63, 3.8) is 0 Å². The molecule has 0 aliphatic rings. The Labute approximate surface area is 221 Å². The Morgan fingerprint density at radius 1 is 0.447 bits per heavy atom. The lowest BCUT2D eigenvalue weighted by molar-refractivity contribution is 0.420. The fourth-order valence-corrected chi connectivity index (χ4v) is 6.34. The fourth-order valence-electron chi connectivity index (χ4n) is 6.34. The number of methoxy groups -OCH3 is 2. The maximum atomic E-state index is 5.99. The molecule has 0 fully saturated rings. The Kier molecular flexibility index (Phi) is 4.98. The summed E-state index contributed by atoms with van der Waals surface area (Å²) in [6.07, 6.45) is 0. The summed E-state index contributed by atoms with van der Waals surface area (Å²) < 4.78 is 16.6. The highest BCUT2D eigenvalue weighted by Crippen LogP contribution is 2.52. The first-order valence-corrected chi connectivity index (χ1v) is 12.8. The Morgan fingerprint density at radius 2 is 0.921 bits per heavy atom. The topological polar surface area (TPSA) is 28.3 Å². The van der Waals surface area contributed by atoms with Crippen molar-refractivity contribution >= 4 is 43.6 Å². The Bertz CT molecular complexity index is 2000. The molecule has 2 heterocycles. The molecule has 0 saturated carbocycles. The van der Waals surface area contributed by atoms with E-state index in [2.05, 4.69) is 120 Å². The standard InChI is InChI=1S/C34H28N2O2/c1-35-24-18-12-20-26(38-4)30(24)32-33(35)28(22-15-9-6-10-16-22)27(21-13-7-5-8-14-21)31-29-23(36(2)34(31)32)17-11-19-25(29)37-3/h5-20H,1-4H3. The van der Waals surface area contributed by atoms with E-state index in [1.54, 1.807) is 14.2 Å². The molecule has 0 atom stereocenters. The van der Waals surface area contributed by atoms with Gasteiger partial charge in [-0.1, -0.05) is 72.8 Å². The third-order valence-corrected chi connectivity index (χ3v) is 7.91. The van der Waals surface area contributed by atoms with Gasteiger partial charge in [-0.15, -0.1) is 0 Å². The van der Waals surface area contributed by atoms with Gasteiger partial charge in [0.25, 0.3) is 0 Å². The number of fused-ring (bicyclic) bond motifs is 7. The van der Waals surface area contributed by atoms with Crippen LogP contribution in [0.1, 0.15) is 0 Å². The van der Waals surface area contributed by atoms with Crippen LogP contribution in [0.25, 0.3) is 65.9 Å². The average molecular weight is 497 g/mol. The van der Waals surface area contributed by atoms with Crippen LogP contribution in [0.2, 0.25) is 0 Å². The van der Waals surface area contributed by atoms with Crippen molar-refractivity contribution in [1.29, 1.82) is 0 Å². The van der Waals surface area contributed by atoms with Gasteiger partial charge in [0.2, 0.25) is 0 Å². The molecule has 38 heavy (non-hydrogen) atoms. The molecule has 186 valence electrons. The van der Waals surface area contributed by atoms with Gasteiger partial charge < -0.3 is 18.6 Å². The summed E-state index contributed by atoms with van der Waals surface area (Å²) in [4.78, 5) is 0. The normalized spacial score (nSPS) is 11.7.